The third-order valence-electron chi connectivity index (χ3n) is 6.52. The molecule has 14 nitrogen and oxygen atoms in total. The maximum atomic E-state index is 13.9. The maximum absolute atomic E-state index is 13.9. The van der Waals surface area contributed by atoms with E-state index in [-0.39, 0.29) is 30.8 Å². The monoisotopic (exact) mass is 619 g/mol. The summed E-state index contributed by atoms with van der Waals surface area (Å²) in [4.78, 5) is 60.1. The average molecular weight is 620 g/mol. The van der Waals surface area contributed by atoms with Crippen molar-refractivity contribution >= 4 is 41.1 Å². The van der Waals surface area contributed by atoms with E-state index < -0.39 is 76.2 Å². The summed E-state index contributed by atoms with van der Waals surface area (Å²) in [5, 5.41) is 11.6. The molecule has 1 aromatic rings. The summed E-state index contributed by atoms with van der Waals surface area (Å²) in [7, 11) is -9.31. The minimum Gasteiger partial charge on any atom is -0.480 e. The third kappa shape index (κ3) is 8.99. The number of carbonyl (C=O) groups is 4. The number of ether oxygens (including phenoxy) is 2. The van der Waals surface area contributed by atoms with E-state index >= 15 is 0 Å². The number of likely N-dealkylation sites (tertiary alicyclic amines) is 1. The normalized spacial score (nSPS) is 19.2. The Bertz CT molecular complexity index is 1250. The number of nitrogens with zero attached hydrogens (tertiary/aromatic N) is 1. The predicted octanol–water partition coefficient (Wildman–Crippen LogP) is 1.93. The van der Waals surface area contributed by atoms with Crippen LogP contribution < -0.4 is 10.6 Å². The van der Waals surface area contributed by atoms with E-state index in [2.05, 4.69) is 10.6 Å². The first-order valence-electron chi connectivity index (χ1n) is 13.0. The van der Waals surface area contributed by atoms with Gasteiger partial charge in [0.25, 0.3) is 7.37 Å². The molecule has 1 aliphatic rings. The average Bonchev–Trinajstić information content (AvgIpc) is 2.88. The summed E-state index contributed by atoms with van der Waals surface area (Å²) in [5.74, 6) is -5.08. The van der Waals surface area contributed by atoms with E-state index in [0.29, 0.717) is 0 Å². The van der Waals surface area contributed by atoms with Gasteiger partial charge < -0.3 is 30.1 Å². The highest BCUT2D eigenvalue weighted by Gasteiger charge is 2.51. The zero-order chi connectivity index (χ0) is 31.1. The van der Waals surface area contributed by atoms with Crippen LogP contribution in [0, 0.1) is 11.8 Å². The van der Waals surface area contributed by atoms with Gasteiger partial charge in [-0.05, 0) is 38.8 Å². The Kier molecular flexibility index (Phi) is 11.9. The van der Waals surface area contributed by atoms with Gasteiger partial charge >= 0.3 is 18.0 Å². The highest BCUT2D eigenvalue weighted by Crippen LogP contribution is 2.55. The minimum atomic E-state index is -4.83. The molecular formula is C25H38N3O11PS. The molecule has 1 aliphatic heterocycles. The van der Waals surface area contributed by atoms with Crippen LogP contribution in [0.1, 0.15) is 47.5 Å². The predicted molar refractivity (Wildman–Crippen MR) is 146 cm³/mol. The fraction of sp³-hybridized carbons (Fsp3) is 0.600. The summed E-state index contributed by atoms with van der Waals surface area (Å²) >= 11 is 0. The molecule has 1 saturated heterocycles. The molecule has 5 unspecified atom stereocenters. The summed E-state index contributed by atoms with van der Waals surface area (Å²) in [5.41, 5.74) is 0. The molecule has 4 N–H and O–H groups in total. The van der Waals surface area contributed by atoms with E-state index in [1.807, 2.05) is 0 Å². The van der Waals surface area contributed by atoms with Crippen molar-refractivity contribution in [1.82, 2.24) is 15.5 Å². The molecule has 0 aromatic heterocycles. The van der Waals surface area contributed by atoms with Gasteiger partial charge in [-0.25, -0.2) is 13.2 Å². The fourth-order valence-corrected chi connectivity index (χ4v) is 9.36. The largest absolute Gasteiger partial charge is 0.480 e. The Hall–Kier alpha value is -3.00. The maximum Gasteiger partial charge on any atom is 0.410 e. The number of rotatable bonds is 12. The number of carbonyl (C=O) groups excluding carboxylic acids is 3. The number of benzene rings is 1. The van der Waals surface area contributed by atoms with Gasteiger partial charge in [0.05, 0.1) is 10.8 Å². The molecule has 0 saturated carbocycles. The molecule has 1 aromatic carbocycles. The lowest BCUT2D eigenvalue weighted by Crippen LogP contribution is -2.51. The molecular weight excluding hydrogens is 581 g/mol. The first-order chi connectivity index (χ1) is 19.0. The third-order valence-corrected chi connectivity index (χ3v) is 12.2. The van der Waals surface area contributed by atoms with Crippen LogP contribution in [0.2, 0.25) is 0 Å². The summed E-state index contributed by atoms with van der Waals surface area (Å²) in [6.45, 7) is 6.78. The van der Waals surface area contributed by atoms with Gasteiger partial charge in [0.1, 0.15) is 11.8 Å². The highest BCUT2D eigenvalue weighted by molar-refractivity contribution is 7.99. The standard InChI is InChI=1S/C25H38N3O11PS/c1-15(2)23(32)38-18(5)39-24(33)27-17(4)40(34,35)25(41(36,37)20-9-7-6-8-10-20)28-13-11-19(12-14-28)21(29)26-16(3)22(30)31/h6-10,15-19,25H,11-14H2,1-5H3,(H,26,29)(H,27,33)(H,30,31)(H,34,35). The molecule has 1 heterocycles. The highest BCUT2D eigenvalue weighted by atomic mass is 32.2. The Morgan fingerprint density at radius 2 is 1.54 bits per heavy atom. The van der Waals surface area contributed by atoms with E-state index in [4.69, 9.17) is 14.6 Å². The second-order valence-electron chi connectivity index (χ2n) is 10.1. The number of esters is 1. The molecule has 0 spiro atoms. The van der Waals surface area contributed by atoms with Crippen molar-refractivity contribution in [3.05, 3.63) is 30.3 Å². The van der Waals surface area contributed by atoms with Crippen LogP contribution in [0.5, 0.6) is 0 Å². The van der Waals surface area contributed by atoms with Crippen molar-refractivity contribution < 1.29 is 51.6 Å². The lowest BCUT2D eigenvalue weighted by Gasteiger charge is -2.39. The Morgan fingerprint density at radius 1 is 0.976 bits per heavy atom. The van der Waals surface area contributed by atoms with E-state index in [1.54, 1.807) is 19.9 Å². The number of nitrogens with one attached hydrogen (secondary N) is 2. The zero-order valence-electron chi connectivity index (χ0n) is 23.6. The molecule has 0 bridgehead atoms. The zero-order valence-corrected chi connectivity index (χ0v) is 25.3. The van der Waals surface area contributed by atoms with Gasteiger partial charge in [0.2, 0.25) is 22.0 Å². The summed E-state index contributed by atoms with van der Waals surface area (Å²) in [6, 6.07) is 5.96. The van der Waals surface area contributed by atoms with E-state index in [9.17, 15) is 37.1 Å². The van der Waals surface area contributed by atoms with Crippen molar-refractivity contribution in [1.29, 1.82) is 0 Å². The Balaban J connectivity index is 2.27. The second-order valence-corrected chi connectivity index (χ2v) is 15.1. The number of piperidine rings is 1. The fourth-order valence-electron chi connectivity index (χ4n) is 4.10. The molecule has 41 heavy (non-hydrogen) atoms. The molecule has 0 aliphatic carbocycles. The lowest BCUT2D eigenvalue weighted by atomic mass is 9.96. The van der Waals surface area contributed by atoms with Crippen molar-refractivity contribution in [2.75, 3.05) is 13.1 Å². The quantitative estimate of drug-likeness (QED) is 0.150. The number of aliphatic carboxylic acids is 1. The van der Waals surface area contributed by atoms with Crippen molar-refractivity contribution in [2.45, 2.75) is 75.6 Å². The van der Waals surface area contributed by atoms with Crippen LogP contribution >= 0.6 is 7.37 Å². The van der Waals surface area contributed by atoms with Gasteiger partial charge in [0, 0.05) is 25.9 Å². The van der Waals surface area contributed by atoms with Crippen molar-refractivity contribution in [3.63, 3.8) is 0 Å². The number of alkyl carbamates (subject to hydrolysis) is 1. The minimum absolute atomic E-state index is 0.0693. The molecule has 230 valence electrons. The lowest BCUT2D eigenvalue weighted by molar-refractivity contribution is -0.168. The first kappa shape index (κ1) is 34.2. The number of hydrogen-bond donors (Lipinski definition) is 4. The van der Waals surface area contributed by atoms with Crippen molar-refractivity contribution in [3.8, 4) is 0 Å². The Morgan fingerprint density at radius 3 is 2.05 bits per heavy atom. The molecule has 2 rings (SSSR count). The van der Waals surface area contributed by atoms with E-state index in [1.165, 1.54) is 43.0 Å². The number of sulfone groups is 1. The van der Waals surface area contributed by atoms with Crippen LogP contribution in [-0.4, -0.2) is 83.6 Å². The van der Waals surface area contributed by atoms with Crippen LogP contribution in [0.4, 0.5) is 4.79 Å². The van der Waals surface area contributed by atoms with Gasteiger partial charge in [-0.15, -0.1) is 0 Å². The molecule has 5 atom stereocenters. The van der Waals surface area contributed by atoms with Crippen LogP contribution in [-0.2, 0) is 38.3 Å². The number of carboxylic acid groups (broad SMARTS) is 1. The van der Waals surface area contributed by atoms with Crippen LogP contribution in [0.25, 0.3) is 0 Å². The van der Waals surface area contributed by atoms with Gasteiger partial charge in [0.15, 0.2) is 5.11 Å². The summed E-state index contributed by atoms with van der Waals surface area (Å²) < 4.78 is 51.3. The number of carboxylic acids is 1. The molecule has 16 heteroatoms. The molecule has 1 fully saturated rings. The van der Waals surface area contributed by atoms with Crippen LogP contribution in [0.3, 0.4) is 0 Å². The molecule has 2 amide bonds. The Labute approximate surface area is 239 Å². The van der Waals surface area contributed by atoms with E-state index in [0.717, 1.165) is 6.92 Å². The van der Waals surface area contributed by atoms with Gasteiger partial charge in [-0.2, -0.15) is 0 Å². The van der Waals surface area contributed by atoms with Gasteiger partial charge in [-0.1, -0.05) is 32.0 Å². The first-order valence-corrected chi connectivity index (χ1v) is 16.4. The topological polar surface area (TPSA) is 206 Å². The SMILES string of the molecule is CC(OC(=O)NC(C)P(=O)(O)C(N1CCC(C(=O)NC(C)C(=O)O)CC1)S(=O)(=O)c1ccccc1)OC(=O)C(C)C. The number of hydrogen-bond acceptors (Lipinski definition) is 10. The second kappa shape index (κ2) is 14.3. The smallest absolute Gasteiger partial charge is 0.410 e. The summed E-state index contributed by atoms with van der Waals surface area (Å²) in [6.07, 6.45) is -2.31. The molecule has 0 radical (unpaired) electrons. The van der Waals surface area contributed by atoms with Gasteiger partial charge in [-0.3, -0.25) is 23.8 Å². The number of amides is 2. The van der Waals surface area contributed by atoms with Crippen molar-refractivity contribution in [2.24, 2.45) is 11.8 Å². The van der Waals surface area contributed by atoms with Crippen LogP contribution in [0.15, 0.2) is 35.2 Å².